The predicted molar refractivity (Wildman–Crippen MR) is 91.5 cm³/mol. The highest BCUT2D eigenvalue weighted by atomic mass is 16.5. The number of ether oxygens (including phenoxy) is 1. The van der Waals surface area contributed by atoms with E-state index in [-0.39, 0.29) is 18.2 Å². The zero-order valence-corrected chi connectivity index (χ0v) is 14.0. The molecule has 1 aliphatic heterocycles. The number of hydrogen-bond donors (Lipinski definition) is 1. The number of aliphatic hydroxyl groups excluding tert-OH is 1. The van der Waals surface area contributed by atoms with E-state index in [2.05, 4.69) is 4.98 Å². The Morgan fingerprint density at radius 3 is 2.44 bits per heavy atom. The number of carbonyl (C=O) groups excluding carboxylic acids is 2. The molecule has 0 radical (unpaired) electrons. The lowest BCUT2D eigenvalue weighted by atomic mass is 10.1. The van der Waals surface area contributed by atoms with Gasteiger partial charge in [-0.15, -0.1) is 0 Å². The highest BCUT2D eigenvalue weighted by molar-refractivity contribution is 6.34. The van der Waals surface area contributed by atoms with Crippen LogP contribution < -0.4 is 4.74 Å². The molecule has 0 bridgehead atoms. The first-order valence-electron chi connectivity index (χ1n) is 7.93. The Balaban J connectivity index is 1.84. The van der Waals surface area contributed by atoms with Crippen LogP contribution in [0.25, 0.3) is 5.57 Å². The Kier molecular flexibility index (Phi) is 4.52. The van der Waals surface area contributed by atoms with Crippen molar-refractivity contribution in [3.05, 3.63) is 65.7 Å². The van der Waals surface area contributed by atoms with Crippen LogP contribution >= 0.6 is 0 Å². The molecule has 1 aromatic carbocycles. The summed E-state index contributed by atoms with van der Waals surface area (Å²) < 4.78 is 5.56. The zero-order valence-electron chi connectivity index (χ0n) is 14.0. The molecule has 0 atom stereocenters. The lowest BCUT2D eigenvalue weighted by molar-refractivity contribution is -0.138. The van der Waals surface area contributed by atoms with Gasteiger partial charge in [-0.1, -0.05) is 18.2 Å². The molecule has 3 rings (SSSR count). The van der Waals surface area contributed by atoms with Crippen LogP contribution in [0.1, 0.15) is 25.0 Å². The summed E-state index contributed by atoms with van der Waals surface area (Å²) in [5, 5.41) is 10.2. The van der Waals surface area contributed by atoms with Gasteiger partial charge in [-0.3, -0.25) is 19.5 Å². The van der Waals surface area contributed by atoms with E-state index in [0.29, 0.717) is 16.9 Å². The molecule has 0 aliphatic carbocycles. The van der Waals surface area contributed by atoms with Gasteiger partial charge in [-0.25, -0.2) is 0 Å². The minimum absolute atomic E-state index is 0.00462. The molecule has 2 aromatic rings. The van der Waals surface area contributed by atoms with Crippen LogP contribution in [0.5, 0.6) is 5.75 Å². The molecule has 25 heavy (non-hydrogen) atoms. The Bertz CT molecular complexity index is 826. The van der Waals surface area contributed by atoms with Crippen molar-refractivity contribution in [1.29, 1.82) is 0 Å². The molecule has 1 aliphatic rings. The number of nitrogens with zero attached hydrogens (tertiary/aromatic N) is 2. The van der Waals surface area contributed by atoms with Gasteiger partial charge >= 0.3 is 0 Å². The Morgan fingerprint density at radius 1 is 1.12 bits per heavy atom. The third-order valence-corrected chi connectivity index (χ3v) is 3.72. The Hall–Kier alpha value is -3.15. The second-order valence-electron chi connectivity index (χ2n) is 5.97. The molecular weight excluding hydrogens is 320 g/mol. The van der Waals surface area contributed by atoms with Gasteiger partial charge in [0.2, 0.25) is 0 Å². The molecule has 6 heteroatoms. The van der Waals surface area contributed by atoms with Crippen LogP contribution in [0.4, 0.5) is 0 Å². The third-order valence-electron chi connectivity index (χ3n) is 3.72. The summed E-state index contributed by atoms with van der Waals surface area (Å²) in [6, 6.07) is 10.2. The fourth-order valence-electron chi connectivity index (χ4n) is 2.61. The second kappa shape index (κ2) is 6.76. The van der Waals surface area contributed by atoms with Gasteiger partial charge in [0.15, 0.2) is 5.76 Å². The maximum atomic E-state index is 12.6. The number of pyridine rings is 1. The summed E-state index contributed by atoms with van der Waals surface area (Å²) in [4.78, 5) is 29.9. The van der Waals surface area contributed by atoms with E-state index in [9.17, 15) is 14.7 Å². The molecule has 0 fully saturated rings. The highest BCUT2D eigenvalue weighted by Crippen LogP contribution is 2.30. The SMILES string of the molecule is CC(C)Oc1ccc(C2=C(O)C(=O)N(Cc3cccnc3)C2=O)cc1. The normalized spacial score (nSPS) is 14.6. The molecule has 128 valence electrons. The number of carbonyl (C=O) groups is 2. The largest absolute Gasteiger partial charge is 0.502 e. The van der Waals surface area contributed by atoms with Crippen LogP contribution in [-0.4, -0.2) is 32.9 Å². The monoisotopic (exact) mass is 338 g/mol. The first-order chi connectivity index (χ1) is 12.0. The average molecular weight is 338 g/mol. The maximum Gasteiger partial charge on any atom is 0.296 e. The molecule has 0 spiro atoms. The van der Waals surface area contributed by atoms with E-state index < -0.39 is 17.6 Å². The van der Waals surface area contributed by atoms with Crippen molar-refractivity contribution in [2.24, 2.45) is 0 Å². The van der Waals surface area contributed by atoms with Gasteiger partial charge < -0.3 is 9.84 Å². The first kappa shape index (κ1) is 16.7. The Morgan fingerprint density at radius 2 is 1.84 bits per heavy atom. The van der Waals surface area contributed by atoms with Gasteiger partial charge in [-0.2, -0.15) is 0 Å². The fourth-order valence-corrected chi connectivity index (χ4v) is 2.61. The lowest BCUT2D eigenvalue weighted by Crippen LogP contribution is -2.31. The number of aromatic nitrogens is 1. The summed E-state index contributed by atoms with van der Waals surface area (Å²) in [6.07, 6.45) is 3.22. The number of benzene rings is 1. The minimum atomic E-state index is -0.702. The van der Waals surface area contributed by atoms with Crippen LogP contribution in [0, 0.1) is 0 Å². The molecular formula is C19H18N2O4. The van der Waals surface area contributed by atoms with E-state index in [1.807, 2.05) is 13.8 Å². The van der Waals surface area contributed by atoms with Crippen LogP contribution in [0.2, 0.25) is 0 Å². The number of imide groups is 1. The minimum Gasteiger partial charge on any atom is -0.502 e. The van der Waals surface area contributed by atoms with Crippen LogP contribution in [0.15, 0.2) is 54.6 Å². The molecule has 1 aromatic heterocycles. The number of hydrogen-bond acceptors (Lipinski definition) is 5. The van der Waals surface area contributed by atoms with Crippen molar-refractivity contribution in [3.63, 3.8) is 0 Å². The maximum absolute atomic E-state index is 12.6. The molecule has 0 unspecified atom stereocenters. The van der Waals surface area contributed by atoms with Crippen LogP contribution in [-0.2, 0) is 16.1 Å². The van der Waals surface area contributed by atoms with Crippen molar-refractivity contribution in [2.45, 2.75) is 26.5 Å². The summed E-state index contributed by atoms with van der Waals surface area (Å²) >= 11 is 0. The van der Waals surface area contributed by atoms with Gasteiger partial charge in [0.25, 0.3) is 11.8 Å². The quantitative estimate of drug-likeness (QED) is 0.848. The van der Waals surface area contributed by atoms with Crippen molar-refractivity contribution >= 4 is 17.4 Å². The summed E-state index contributed by atoms with van der Waals surface area (Å²) in [6.45, 7) is 3.89. The predicted octanol–water partition coefficient (Wildman–Crippen LogP) is 2.71. The number of aliphatic hydroxyl groups is 1. The van der Waals surface area contributed by atoms with E-state index in [1.54, 1.807) is 48.8 Å². The van der Waals surface area contributed by atoms with Gasteiger partial charge in [-0.05, 0) is 43.2 Å². The van der Waals surface area contributed by atoms with E-state index >= 15 is 0 Å². The van der Waals surface area contributed by atoms with E-state index in [4.69, 9.17) is 4.74 Å². The highest BCUT2D eigenvalue weighted by Gasteiger charge is 2.39. The van der Waals surface area contributed by atoms with Crippen molar-refractivity contribution in [2.75, 3.05) is 0 Å². The van der Waals surface area contributed by atoms with Crippen molar-refractivity contribution in [1.82, 2.24) is 9.88 Å². The third kappa shape index (κ3) is 3.38. The Labute approximate surface area is 145 Å². The van der Waals surface area contributed by atoms with E-state index in [1.165, 1.54) is 0 Å². The average Bonchev–Trinajstić information content (AvgIpc) is 2.80. The molecule has 2 amide bonds. The van der Waals surface area contributed by atoms with Gasteiger partial charge in [0, 0.05) is 12.4 Å². The van der Waals surface area contributed by atoms with Gasteiger partial charge in [0.1, 0.15) is 5.75 Å². The smallest absolute Gasteiger partial charge is 0.296 e. The molecule has 0 saturated carbocycles. The van der Waals surface area contributed by atoms with Crippen molar-refractivity contribution in [3.8, 4) is 5.75 Å². The van der Waals surface area contributed by atoms with E-state index in [0.717, 1.165) is 4.90 Å². The first-order valence-corrected chi connectivity index (χ1v) is 7.93. The van der Waals surface area contributed by atoms with Crippen LogP contribution in [0.3, 0.4) is 0 Å². The summed E-state index contributed by atoms with van der Waals surface area (Å²) in [7, 11) is 0. The standard InChI is InChI=1S/C19H18N2O4/c1-12(2)25-15-7-5-14(6-8-15)16-17(22)19(24)21(18(16)23)11-13-4-3-9-20-10-13/h3-10,12,22H,11H2,1-2H3. The molecule has 1 N–H and O–H groups in total. The number of rotatable bonds is 5. The molecule has 0 saturated heterocycles. The topological polar surface area (TPSA) is 79.7 Å². The second-order valence-corrected chi connectivity index (χ2v) is 5.97. The molecule has 2 heterocycles. The van der Waals surface area contributed by atoms with Gasteiger partial charge in [0.05, 0.1) is 18.2 Å². The lowest BCUT2D eigenvalue weighted by Gasteiger charge is -2.14. The molecule has 6 nitrogen and oxygen atoms in total. The number of amides is 2. The zero-order chi connectivity index (χ0) is 18.0. The summed E-state index contributed by atoms with van der Waals surface area (Å²) in [5.41, 5.74) is 1.18. The van der Waals surface area contributed by atoms with Crippen molar-refractivity contribution < 1.29 is 19.4 Å². The summed E-state index contributed by atoms with van der Waals surface area (Å²) in [5.74, 6) is -1.11. The fraction of sp³-hybridized carbons (Fsp3) is 0.211.